The fourth-order valence-corrected chi connectivity index (χ4v) is 1.30. The van der Waals surface area contributed by atoms with Crippen LogP contribution in [0.1, 0.15) is 19.4 Å². The quantitative estimate of drug-likeness (QED) is 0.465. The summed E-state index contributed by atoms with van der Waals surface area (Å²) in [7, 11) is 0. The molecule has 0 unspecified atom stereocenters. The number of esters is 1. The van der Waals surface area contributed by atoms with E-state index in [0.29, 0.717) is 5.56 Å². The van der Waals surface area contributed by atoms with Gasteiger partial charge in [-0.15, -0.1) is 0 Å². The first-order valence-electron chi connectivity index (χ1n) is 5.95. The van der Waals surface area contributed by atoms with Gasteiger partial charge in [-0.05, 0) is 13.8 Å². The molecule has 0 fully saturated rings. The summed E-state index contributed by atoms with van der Waals surface area (Å²) in [6, 6.07) is 8.77. The zero-order valence-corrected chi connectivity index (χ0v) is 10.9. The highest BCUT2D eigenvalue weighted by molar-refractivity contribution is 5.91. The Morgan fingerprint density at radius 2 is 1.68 bits per heavy atom. The molecule has 0 saturated carbocycles. The van der Waals surface area contributed by atoms with E-state index in [2.05, 4.69) is 4.74 Å². The van der Waals surface area contributed by atoms with Crippen LogP contribution in [-0.4, -0.2) is 25.3 Å². The molecule has 0 N–H and O–H groups in total. The molecule has 0 atom stereocenters. The minimum atomic E-state index is -0.859. The molecule has 102 valence electrons. The summed E-state index contributed by atoms with van der Waals surface area (Å²) in [6.07, 6.45) is 0.261. The third kappa shape index (κ3) is 5.25. The maximum absolute atomic E-state index is 11.4. The Bertz CT molecular complexity index is 450. The molecular weight excluding hydrogens is 248 g/mol. The van der Waals surface area contributed by atoms with Gasteiger partial charge in [0.15, 0.2) is 0 Å². The van der Waals surface area contributed by atoms with Gasteiger partial charge in [-0.25, -0.2) is 9.59 Å². The summed E-state index contributed by atoms with van der Waals surface area (Å²) in [4.78, 5) is 22.8. The van der Waals surface area contributed by atoms with Crippen molar-refractivity contribution in [1.29, 1.82) is 0 Å². The van der Waals surface area contributed by atoms with Crippen molar-refractivity contribution in [3.8, 4) is 0 Å². The first-order valence-corrected chi connectivity index (χ1v) is 5.95. The largest absolute Gasteiger partial charge is 0.513 e. The van der Waals surface area contributed by atoms with Crippen LogP contribution in [0.5, 0.6) is 0 Å². The van der Waals surface area contributed by atoms with Gasteiger partial charge in [0.2, 0.25) is 0 Å². The van der Waals surface area contributed by atoms with Gasteiger partial charge in [-0.1, -0.05) is 30.3 Å². The molecule has 0 saturated heterocycles. The van der Waals surface area contributed by atoms with Gasteiger partial charge in [0.1, 0.15) is 5.76 Å². The maximum Gasteiger partial charge on any atom is 0.513 e. The molecule has 19 heavy (non-hydrogen) atoms. The van der Waals surface area contributed by atoms with Gasteiger partial charge in [0.25, 0.3) is 0 Å². The highest BCUT2D eigenvalue weighted by atomic mass is 16.7. The summed E-state index contributed by atoms with van der Waals surface area (Å²) in [5, 5.41) is 0. The van der Waals surface area contributed by atoms with Crippen molar-refractivity contribution in [2.75, 3.05) is 13.2 Å². The normalized spacial score (nSPS) is 10.7. The molecule has 1 rings (SSSR count). The van der Waals surface area contributed by atoms with Crippen LogP contribution in [0.4, 0.5) is 4.79 Å². The van der Waals surface area contributed by atoms with Crippen LogP contribution in [0, 0.1) is 0 Å². The summed E-state index contributed by atoms with van der Waals surface area (Å²) < 4.78 is 14.5. The van der Waals surface area contributed by atoms with Crippen molar-refractivity contribution in [1.82, 2.24) is 0 Å². The molecule has 0 aliphatic rings. The van der Waals surface area contributed by atoms with E-state index in [1.807, 2.05) is 6.07 Å². The lowest BCUT2D eigenvalue weighted by Gasteiger charge is -2.08. The predicted molar refractivity (Wildman–Crippen MR) is 69.2 cm³/mol. The van der Waals surface area contributed by atoms with Gasteiger partial charge >= 0.3 is 12.1 Å². The molecular formula is C14H16O5. The minimum Gasteiger partial charge on any atom is -0.463 e. The fraction of sp³-hybridized carbons (Fsp3) is 0.286. The molecule has 0 radical (unpaired) electrons. The summed E-state index contributed by atoms with van der Waals surface area (Å²) in [5.74, 6) is -0.483. The van der Waals surface area contributed by atoms with E-state index in [4.69, 9.17) is 9.47 Å². The van der Waals surface area contributed by atoms with E-state index >= 15 is 0 Å². The number of rotatable bonds is 5. The van der Waals surface area contributed by atoms with Crippen LogP contribution in [0.3, 0.4) is 0 Å². The van der Waals surface area contributed by atoms with Crippen molar-refractivity contribution in [2.24, 2.45) is 0 Å². The molecule has 0 aromatic heterocycles. The zero-order valence-electron chi connectivity index (χ0n) is 10.9. The van der Waals surface area contributed by atoms with Gasteiger partial charge in [0, 0.05) is 5.56 Å². The highest BCUT2D eigenvalue weighted by Gasteiger charge is 2.12. The molecule has 0 spiro atoms. The van der Waals surface area contributed by atoms with Crippen LogP contribution in [0.15, 0.2) is 36.4 Å². The highest BCUT2D eigenvalue weighted by Crippen LogP contribution is 2.16. The molecule has 1 aromatic rings. The number of hydrogen-bond donors (Lipinski definition) is 0. The van der Waals surface area contributed by atoms with Crippen LogP contribution in [-0.2, 0) is 19.0 Å². The third-order valence-corrected chi connectivity index (χ3v) is 2.05. The van der Waals surface area contributed by atoms with Gasteiger partial charge < -0.3 is 14.2 Å². The monoisotopic (exact) mass is 264 g/mol. The Hall–Kier alpha value is -2.30. The first-order chi connectivity index (χ1) is 9.17. The van der Waals surface area contributed by atoms with Crippen molar-refractivity contribution < 1.29 is 23.8 Å². The van der Waals surface area contributed by atoms with Gasteiger partial charge in [-0.2, -0.15) is 0 Å². The average molecular weight is 264 g/mol. The van der Waals surface area contributed by atoms with E-state index in [0.717, 1.165) is 6.08 Å². The molecule has 0 bridgehead atoms. The molecule has 5 nitrogen and oxygen atoms in total. The van der Waals surface area contributed by atoms with Crippen LogP contribution in [0.25, 0.3) is 5.76 Å². The van der Waals surface area contributed by atoms with E-state index in [9.17, 15) is 9.59 Å². The predicted octanol–water partition coefficient (Wildman–Crippen LogP) is 2.76. The van der Waals surface area contributed by atoms with Crippen molar-refractivity contribution in [3.63, 3.8) is 0 Å². The Balaban J connectivity index is 2.91. The topological polar surface area (TPSA) is 61.8 Å². The van der Waals surface area contributed by atoms with Crippen molar-refractivity contribution in [3.05, 3.63) is 42.0 Å². The maximum atomic E-state index is 11.4. The van der Waals surface area contributed by atoms with Crippen LogP contribution < -0.4 is 0 Å². The van der Waals surface area contributed by atoms with Gasteiger partial charge in [-0.3, -0.25) is 0 Å². The van der Waals surface area contributed by atoms with Crippen molar-refractivity contribution in [2.45, 2.75) is 13.8 Å². The van der Waals surface area contributed by atoms with E-state index in [-0.39, 0.29) is 19.0 Å². The summed E-state index contributed by atoms with van der Waals surface area (Å²) in [6.45, 7) is 3.80. The number of benzene rings is 1. The second kappa shape index (κ2) is 7.92. The van der Waals surface area contributed by atoms with Crippen LogP contribution >= 0.6 is 0 Å². The molecule has 0 heterocycles. The third-order valence-electron chi connectivity index (χ3n) is 2.05. The van der Waals surface area contributed by atoms with E-state index < -0.39 is 12.1 Å². The lowest BCUT2D eigenvalue weighted by Crippen LogP contribution is -2.09. The average Bonchev–Trinajstić information content (AvgIpc) is 2.39. The molecule has 1 aromatic carbocycles. The van der Waals surface area contributed by atoms with E-state index in [1.165, 1.54) is 0 Å². The SMILES string of the molecule is CCOC(=O)/C=C(/OC(=O)OCC)c1ccccc1. The molecule has 0 aliphatic carbocycles. The number of carbonyl (C=O) groups is 2. The fourth-order valence-electron chi connectivity index (χ4n) is 1.30. The smallest absolute Gasteiger partial charge is 0.463 e. The van der Waals surface area contributed by atoms with E-state index in [1.54, 1.807) is 38.1 Å². The van der Waals surface area contributed by atoms with Crippen LogP contribution in [0.2, 0.25) is 0 Å². The Morgan fingerprint density at radius 3 is 2.26 bits per heavy atom. The summed E-state index contributed by atoms with van der Waals surface area (Å²) in [5.41, 5.74) is 0.587. The number of carbonyl (C=O) groups excluding carboxylic acids is 2. The lowest BCUT2D eigenvalue weighted by molar-refractivity contribution is -0.137. The Kier molecular flexibility index (Phi) is 6.15. The zero-order chi connectivity index (χ0) is 14.1. The second-order valence-electron chi connectivity index (χ2n) is 3.41. The molecule has 5 heteroatoms. The standard InChI is InChI=1S/C14H16O5/c1-3-17-13(15)10-12(19-14(16)18-4-2)11-8-6-5-7-9-11/h5-10H,3-4H2,1-2H3/b12-10+. The Labute approximate surface area is 111 Å². The Morgan fingerprint density at radius 1 is 1.05 bits per heavy atom. The minimum absolute atomic E-state index is 0.0949. The first kappa shape index (κ1) is 14.8. The van der Waals surface area contributed by atoms with Crippen molar-refractivity contribution >= 4 is 17.9 Å². The van der Waals surface area contributed by atoms with Gasteiger partial charge in [0.05, 0.1) is 19.3 Å². The molecule has 0 aliphatic heterocycles. The lowest BCUT2D eigenvalue weighted by atomic mass is 10.2. The molecule has 0 amide bonds. The second-order valence-corrected chi connectivity index (χ2v) is 3.41. The summed E-state index contributed by atoms with van der Waals surface area (Å²) >= 11 is 0. The number of ether oxygens (including phenoxy) is 3. The number of hydrogen-bond acceptors (Lipinski definition) is 5.